The van der Waals surface area contributed by atoms with E-state index in [0.717, 1.165) is 40.2 Å². The van der Waals surface area contributed by atoms with Gasteiger partial charge in [0.05, 0.1) is 6.54 Å². The summed E-state index contributed by atoms with van der Waals surface area (Å²) in [7, 11) is 0. The van der Waals surface area contributed by atoms with E-state index in [1.165, 1.54) is 0 Å². The van der Waals surface area contributed by atoms with Gasteiger partial charge in [0.25, 0.3) is 5.91 Å². The molecule has 2 atom stereocenters. The highest BCUT2D eigenvalue weighted by atomic mass is 16.5. The van der Waals surface area contributed by atoms with E-state index >= 15 is 0 Å². The molecular formula is C22H21N3O4. The molecule has 3 aliphatic rings. The number of urea groups is 1. The first-order valence-electron chi connectivity index (χ1n) is 9.80. The van der Waals surface area contributed by atoms with Gasteiger partial charge in [0.2, 0.25) is 5.91 Å². The average Bonchev–Trinajstić information content (AvgIpc) is 3.38. The van der Waals surface area contributed by atoms with Crippen LogP contribution in [0.3, 0.4) is 0 Å². The number of hydrogen-bond donors (Lipinski definition) is 2. The largest absolute Gasteiger partial charge is 0.488 e. The minimum Gasteiger partial charge on any atom is -0.488 e. The molecule has 1 fully saturated rings. The van der Waals surface area contributed by atoms with Crippen LogP contribution in [0.4, 0.5) is 4.79 Å². The molecule has 2 heterocycles. The lowest BCUT2D eigenvalue weighted by molar-refractivity contribution is -0.135. The Morgan fingerprint density at radius 3 is 2.72 bits per heavy atom. The Kier molecular flexibility index (Phi) is 4.04. The summed E-state index contributed by atoms with van der Waals surface area (Å²) in [6.45, 7) is 0.0272. The Morgan fingerprint density at radius 2 is 1.90 bits per heavy atom. The molecule has 0 radical (unpaired) electrons. The normalized spacial score (nSPS) is 24.3. The monoisotopic (exact) mass is 391 g/mol. The molecule has 7 heteroatoms. The molecule has 1 spiro atoms. The van der Waals surface area contributed by atoms with Gasteiger partial charge in [-0.05, 0) is 35.6 Å². The zero-order chi connectivity index (χ0) is 20.0. The number of carbonyl (C=O) groups is 3. The van der Waals surface area contributed by atoms with Crippen molar-refractivity contribution in [2.45, 2.75) is 30.9 Å². The first kappa shape index (κ1) is 17.7. The van der Waals surface area contributed by atoms with Crippen LogP contribution in [0.2, 0.25) is 0 Å². The van der Waals surface area contributed by atoms with Crippen molar-refractivity contribution in [1.29, 1.82) is 0 Å². The van der Waals surface area contributed by atoms with E-state index in [0.29, 0.717) is 13.0 Å². The number of imide groups is 1. The van der Waals surface area contributed by atoms with Gasteiger partial charge < -0.3 is 15.4 Å². The van der Waals surface area contributed by atoms with E-state index in [1.807, 2.05) is 48.5 Å². The van der Waals surface area contributed by atoms with Crippen molar-refractivity contribution in [3.05, 3.63) is 65.2 Å². The molecule has 2 unspecified atom stereocenters. The molecule has 2 N–H and O–H groups in total. The molecule has 1 aliphatic carbocycles. The molecule has 0 aromatic heterocycles. The first-order valence-corrected chi connectivity index (χ1v) is 9.80. The van der Waals surface area contributed by atoms with Crippen LogP contribution >= 0.6 is 0 Å². The van der Waals surface area contributed by atoms with Gasteiger partial charge in [-0.3, -0.25) is 14.5 Å². The van der Waals surface area contributed by atoms with Crippen LogP contribution in [0.15, 0.2) is 48.5 Å². The van der Waals surface area contributed by atoms with Gasteiger partial charge in [0, 0.05) is 6.42 Å². The number of para-hydroxylation sites is 1. The molecule has 2 aliphatic heterocycles. The van der Waals surface area contributed by atoms with Gasteiger partial charge in [-0.25, -0.2) is 4.79 Å². The summed E-state index contributed by atoms with van der Waals surface area (Å²) in [5, 5.41) is 5.62. The van der Waals surface area contributed by atoms with Gasteiger partial charge in [0.15, 0.2) is 0 Å². The van der Waals surface area contributed by atoms with Crippen molar-refractivity contribution < 1.29 is 19.1 Å². The van der Waals surface area contributed by atoms with E-state index in [9.17, 15) is 14.4 Å². The number of hydrogen-bond acceptors (Lipinski definition) is 4. The average molecular weight is 391 g/mol. The molecule has 2 aromatic rings. The van der Waals surface area contributed by atoms with Crippen LogP contribution in [-0.4, -0.2) is 41.9 Å². The van der Waals surface area contributed by atoms with Crippen molar-refractivity contribution in [2.75, 3.05) is 13.1 Å². The minimum atomic E-state index is -1.04. The fourth-order valence-corrected chi connectivity index (χ4v) is 4.53. The molecule has 29 heavy (non-hydrogen) atoms. The van der Waals surface area contributed by atoms with E-state index in [4.69, 9.17) is 4.74 Å². The third-order valence-corrected chi connectivity index (χ3v) is 5.96. The lowest BCUT2D eigenvalue weighted by atomic mass is 9.92. The Bertz CT molecular complexity index is 996. The molecule has 2 aromatic carbocycles. The fourth-order valence-electron chi connectivity index (χ4n) is 4.53. The maximum atomic E-state index is 13.1. The summed E-state index contributed by atoms with van der Waals surface area (Å²) in [4.78, 5) is 39.0. The zero-order valence-electron chi connectivity index (χ0n) is 15.8. The SMILES string of the molecule is O=C(CN1C(=O)NC2(CCc3ccccc32)C1=O)NCC1Cc2ccccc2O1. The summed E-state index contributed by atoms with van der Waals surface area (Å²) in [6, 6.07) is 14.9. The number of rotatable bonds is 4. The highest BCUT2D eigenvalue weighted by Crippen LogP contribution is 2.41. The maximum absolute atomic E-state index is 13.1. The Hall–Kier alpha value is -3.35. The standard InChI is InChI=1S/C22H21N3O4/c26-19(23-12-16-11-15-6-2-4-8-18(15)29-16)13-25-20(27)22(24-21(25)28)10-9-14-5-1-3-7-17(14)22/h1-8,16H,9-13H2,(H,23,26)(H,24,28). The third-order valence-electron chi connectivity index (χ3n) is 5.96. The molecule has 0 bridgehead atoms. The number of nitrogens with one attached hydrogen (secondary N) is 2. The number of ether oxygens (including phenoxy) is 1. The van der Waals surface area contributed by atoms with Gasteiger partial charge in [0.1, 0.15) is 23.9 Å². The van der Waals surface area contributed by atoms with Crippen LogP contribution in [0, 0.1) is 0 Å². The molecule has 4 amide bonds. The highest BCUT2D eigenvalue weighted by molar-refractivity contribution is 6.09. The molecule has 1 saturated heterocycles. The van der Waals surface area contributed by atoms with Crippen molar-refractivity contribution in [1.82, 2.24) is 15.5 Å². The van der Waals surface area contributed by atoms with Crippen LogP contribution in [0.1, 0.15) is 23.1 Å². The molecule has 148 valence electrons. The molecule has 5 rings (SSSR count). The van der Waals surface area contributed by atoms with Gasteiger partial charge in [-0.1, -0.05) is 42.5 Å². The Morgan fingerprint density at radius 1 is 1.14 bits per heavy atom. The topological polar surface area (TPSA) is 87.7 Å². The van der Waals surface area contributed by atoms with Gasteiger partial charge in [-0.2, -0.15) is 0 Å². The summed E-state index contributed by atoms with van der Waals surface area (Å²) in [5.41, 5.74) is 1.97. The lowest BCUT2D eigenvalue weighted by Crippen LogP contribution is -2.45. The van der Waals surface area contributed by atoms with Gasteiger partial charge >= 0.3 is 6.03 Å². The van der Waals surface area contributed by atoms with E-state index in [2.05, 4.69) is 10.6 Å². The number of amides is 4. The number of fused-ring (bicyclic) bond motifs is 3. The first-order chi connectivity index (χ1) is 14.1. The fraction of sp³-hybridized carbons (Fsp3) is 0.318. The second kappa shape index (κ2) is 6.62. The Balaban J connectivity index is 1.22. The number of carbonyl (C=O) groups excluding carboxylic acids is 3. The number of nitrogens with zero attached hydrogens (tertiary/aromatic N) is 1. The Labute approximate surface area is 168 Å². The number of aryl methyl sites for hydroxylation is 1. The third kappa shape index (κ3) is 2.85. The maximum Gasteiger partial charge on any atom is 0.325 e. The van der Waals surface area contributed by atoms with Crippen molar-refractivity contribution in [3.63, 3.8) is 0 Å². The second-order valence-electron chi connectivity index (χ2n) is 7.74. The zero-order valence-corrected chi connectivity index (χ0v) is 15.8. The smallest absolute Gasteiger partial charge is 0.325 e. The summed E-state index contributed by atoms with van der Waals surface area (Å²) < 4.78 is 5.81. The van der Waals surface area contributed by atoms with Crippen LogP contribution in [0.25, 0.3) is 0 Å². The van der Waals surface area contributed by atoms with Crippen LogP contribution in [-0.2, 0) is 28.0 Å². The van der Waals surface area contributed by atoms with E-state index in [1.54, 1.807) is 0 Å². The van der Waals surface area contributed by atoms with E-state index in [-0.39, 0.29) is 24.5 Å². The van der Waals surface area contributed by atoms with Crippen LogP contribution in [0.5, 0.6) is 5.75 Å². The quantitative estimate of drug-likeness (QED) is 0.774. The molecular weight excluding hydrogens is 370 g/mol. The molecule has 0 saturated carbocycles. The number of benzene rings is 2. The summed E-state index contributed by atoms with van der Waals surface area (Å²) >= 11 is 0. The highest BCUT2D eigenvalue weighted by Gasteiger charge is 2.55. The van der Waals surface area contributed by atoms with Gasteiger partial charge in [-0.15, -0.1) is 0 Å². The predicted octanol–water partition coefficient (Wildman–Crippen LogP) is 1.50. The second-order valence-corrected chi connectivity index (χ2v) is 7.74. The van der Waals surface area contributed by atoms with Crippen molar-refractivity contribution in [2.24, 2.45) is 0 Å². The minimum absolute atomic E-state index is 0.146. The lowest BCUT2D eigenvalue weighted by Gasteiger charge is -2.22. The van der Waals surface area contributed by atoms with E-state index < -0.39 is 11.6 Å². The molecule has 7 nitrogen and oxygen atoms in total. The van der Waals surface area contributed by atoms with Crippen molar-refractivity contribution >= 4 is 17.8 Å². The summed E-state index contributed by atoms with van der Waals surface area (Å²) in [6.07, 6.45) is 1.82. The van der Waals surface area contributed by atoms with Crippen molar-refractivity contribution in [3.8, 4) is 5.75 Å². The predicted molar refractivity (Wildman–Crippen MR) is 104 cm³/mol. The van der Waals surface area contributed by atoms with Crippen LogP contribution < -0.4 is 15.4 Å². The summed E-state index contributed by atoms with van der Waals surface area (Å²) in [5.74, 6) is 0.103.